The van der Waals surface area contributed by atoms with Gasteiger partial charge in [-0.2, -0.15) is 0 Å². The number of piperidine rings is 1. The molecular weight excluding hydrogens is 218 g/mol. The highest BCUT2D eigenvalue weighted by atomic mass is 16.5. The molecule has 0 aromatic heterocycles. The number of methoxy groups -OCH3 is 1. The zero-order valence-electron chi connectivity index (χ0n) is 10.9. The van der Waals surface area contributed by atoms with E-state index in [0.717, 1.165) is 13.0 Å². The average Bonchev–Trinajstić information content (AvgIpc) is 2.34. The fraction of sp³-hybridized carbons (Fsp3) is 0.917. The Bertz CT molecular complexity index is 236. The Balaban J connectivity index is 2.22. The van der Waals surface area contributed by atoms with E-state index >= 15 is 0 Å². The van der Waals surface area contributed by atoms with Gasteiger partial charge in [0, 0.05) is 26.3 Å². The third-order valence-electron chi connectivity index (χ3n) is 3.40. The van der Waals surface area contributed by atoms with Gasteiger partial charge in [-0.15, -0.1) is 0 Å². The Kier molecular flexibility index (Phi) is 6.47. The van der Waals surface area contributed by atoms with Crippen molar-refractivity contribution in [1.29, 1.82) is 0 Å². The number of hydrogen-bond donors (Lipinski definition) is 2. The second-order valence-electron chi connectivity index (χ2n) is 4.76. The number of carbonyl (C=O) groups excluding carboxylic acids is 1. The van der Waals surface area contributed by atoms with Gasteiger partial charge in [0.1, 0.15) is 0 Å². The maximum Gasteiger partial charge on any atom is 0.237 e. The minimum Gasteiger partial charge on any atom is -0.385 e. The number of ether oxygens (including phenoxy) is 1. The minimum atomic E-state index is -0.455. The molecule has 2 atom stereocenters. The second-order valence-corrected chi connectivity index (χ2v) is 4.76. The summed E-state index contributed by atoms with van der Waals surface area (Å²) in [4.78, 5) is 14.0. The fourth-order valence-electron chi connectivity index (χ4n) is 2.13. The van der Waals surface area contributed by atoms with Crippen LogP contribution in [-0.2, 0) is 9.53 Å². The average molecular weight is 243 g/mol. The molecule has 1 heterocycles. The molecule has 5 nitrogen and oxygen atoms in total. The van der Waals surface area contributed by atoms with Crippen molar-refractivity contribution in [3.8, 4) is 0 Å². The van der Waals surface area contributed by atoms with Crippen molar-refractivity contribution in [1.82, 2.24) is 10.2 Å². The van der Waals surface area contributed by atoms with Gasteiger partial charge in [-0.3, -0.25) is 4.79 Å². The van der Waals surface area contributed by atoms with Gasteiger partial charge in [-0.05, 0) is 32.9 Å². The summed E-state index contributed by atoms with van der Waals surface area (Å²) in [6.07, 6.45) is 4.24. The minimum absolute atomic E-state index is 0.0685. The topological polar surface area (TPSA) is 67.6 Å². The molecule has 1 amide bonds. The monoisotopic (exact) mass is 243 g/mol. The smallest absolute Gasteiger partial charge is 0.237 e. The number of hydrogen-bond acceptors (Lipinski definition) is 4. The van der Waals surface area contributed by atoms with E-state index in [4.69, 9.17) is 10.5 Å². The summed E-state index contributed by atoms with van der Waals surface area (Å²) in [5.74, 6) is -0.0685. The lowest BCUT2D eigenvalue weighted by Gasteiger charge is -2.32. The first-order valence-corrected chi connectivity index (χ1v) is 6.37. The summed E-state index contributed by atoms with van der Waals surface area (Å²) in [6.45, 7) is 2.35. The molecule has 2 unspecified atom stereocenters. The fourth-order valence-corrected chi connectivity index (χ4v) is 2.13. The van der Waals surface area contributed by atoms with Crippen LogP contribution >= 0.6 is 0 Å². The molecule has 0 radical (unpaired) electrons. The van der Waals surface area contributed by atoms with E-state index in [9.17, 15) is 4.79 Å². The lowest BCUT2D eigenvalue weighted by Crippen LogP contribution is -2.48. The molecule has 1 fully saturated rings. The Morgan fingerprint density at radius 3 is 3.00 bits per heavy atom. The molecule has 0 saturated carbocycles. The van der Waals surface area contributed by atoms with Crippen molar-refractivity contribution in [2.75, 3.05) is 33.9 Å². The molecule has 1 aliphatic rings. The summed E-state index contributed by atoms with van der Waals surface area (Å²) in [5, 5.41) is 2.93. The second kappa shape index (κ2) is 7.63. The SMILES string of the molecule is COCCC(N)C(=O)NCC1CCCCN1C. The highest BCUT2D eigenvalue weighted by molar-refractivity contribution is 5.81. The van der Waals surface area contributed by atoms with Crippen LogP contribution in [0.3, 0.4) is 0 Å². The number of carbonyl (C=O) groups is 1. The van der Waals surface area contributed by atoms with Gasteiger partial charge in [0.2, 0.25) is 5.91 Å². The number of nitrogens with zero attached hydrogens (tertiary/aromatic N) is 1. The summed E-state index contributed by atoms with van der Waals surface area (Å²) < 4.78 is 4.91. The Morgan fingerprint density at radius 1 is 1.59 bits per heavy atom. The third kappa shape index (κ3) is 5.02. The van der Waals surface area contributed by atoms with Crippen LogP contribution in [-0.4, -0.2) is 56.7 Å². The van der Waals surface area contributed by atoms with E-state index in [1.54, 1.807) is 7.11 Å². The molecule has 0 aliphatic carbocycles. The normalized spacial score (nSPS) is 23.4. The largest absolute Gasteiger partial charge is 0.385 e. The zero-order chi connectivity index (χ0) is 12.7. The predicted molar refractivity (Wildman–Crippen MR) is 67.7 cm³/mol. The summed E-state index contributed by atoms with van der Waals surface area (Å²) >= 11 is 0. The summed E-state index contributed by atoms with van der Waals surface area (Å²) in [5.41, 5.74) is 5.75. The van der Waals surface area contributed by atoms with Crippen LogP contribution in [0.4, 0.5) is 0 Å². The van der Waals surface area contributed by atoms with Crippen molar-refractivity contribution >= 4 is 5.91 Å². The number of amides is 1. The third-order valence-corrected chi connectivity index (χ3v) is 3.40. The van der Waals surface area contributed by atoms with E-state index < -0.39 is 6.04 Å². The van der Waals surface area contributed by atoms with Crippen LogP contribution in [0.5, 0.6) is 0 Å². The molecule has 1 saturated heterocycles. The van der Waals surface area contributed by atoms with Gasteiger partial charge in [0.25, 0.3) is 0 Å². The number of likely N-dealkylation sites (N-methyl/N-ethyl adjacent to an activating group) is 1. The molecule has 5 heteroatoms. The molecule has 100 valence electrons. The standard InChI is InChI=1S/C12H25N3O2/c1-15-7-4-3-5-10(15)9-14-12(16)11(13)6-8-17-2/h10-11H,3-9,13H2,1-2H3,(H,14,16). The summed E-state index contributed by atoms with van der Waals surface area (Å²) in [7, 11) is 3.72. The predicted octanol–water partition coefficient (Wildman–Crippen LogP) is -0.0493. The van der Waals surface area contributed by atoms with Crippen LogP contribution in [0.1, 0.15) is 25.7 Å². The molecule has 0 spiro atoms. The van der Waals surface area contributed by atoms with E-state index in [-0.39, 0.29) is 5.91 Å². The van der Waals surface area contributed by atoms with Crippen LogP contribution in [0, 0.1) is 0 Å². The number of likely N-dealkylation sites (tertiary alicyclic amines) is 1. The van der Waals surface area contributed by atoms with E-state index in [0.29, 0.717) is 25.6 Å². The van der Waals surface area contributed by atoms with Crippen molar-refractivity contribution in [3.63, 3.8) is 0 Å². The molecule has 1 aliphatic heterocycles. The number of nitrogens with two attached hydrogens (primary N) is 1. The maximum absolute atomic E-state index is 11.7. The molecule has 0 aromatic carbocycles. The summed E-state index contributed by atoms with van der Waals surface area (Å²) in [6, 6.07) is 0.00571. The van der Waals surface area contributed by atoms with Gasteiger partial charge < -0.3 is 20.7 Å². The molecule has 17 heavy (non-hydrogen) atoms. The number of rotatable bonds is 6. The lowest BCUT2D eigenvalue weighted by molar-refractivity contribution is -0.123. The lowest BCUT2D eigenvalue weighted by atomic mass is 10.0. The molecule has 0 aromatic rings. The maximum atomic E-state index is 11.7. The zero-order valence-corrected chi connectivity index (χ0v) is 10.9. The van der Waals surface area contributed by atoms with Crippen molar-refractivity contribution in [2.45, 2.75) is 37.8 Å². The van der Waals surface area contributed by atoms with Gasteiger partial charge in [0.05, 0.1) is 6.04 Å². The van der Waals surface area contributed by atoms with Crippen molar-refractivity contribution < 1.29 is 9.53 Å². The highest BCUT2D eigenvalue weighted by Crippen LogP contribution is 2.13. The van der Waals surface area contributed by atoms with Gasteiger partial charge in [-0.1, -0.05) is 6.42 Å². The van der Waals surface area contributed by atoms with Crippen LogP contribution < -0.4 is 11.1 Å². The first-order chi connectivity index (χ1) is 8.15. The Hall–Kier alpha value is -0.650. The van der Waals surface area contributed by atoms with E-state index in [1.807, 2.05) is 0 Å². The van der Waals surface area contributed by atoms with Crippen LogP contribution in [0.25, 0.3) is 0 Å². The quantitative estimate of drug-likeness (QED) is 0.686. The molecule has 0 bridgehead atoms. The Labute approximate surface area is 104 Å². The van der Waals surface area contributed by atoms with Crippen LogP contribution in [0.2, 0.25) is 0 Å². The first kappa shape index (κ1) is 14.4. The van der Waals surface area contributed by atoms with Gasteiger partial charge >= 0.3 is 0 Å². The van der Waals surface area contributed by atoms with E-state index in [2.05, 4.69) is 17.3 Å². The molecule has 3 N–H and O–H groups in total. The van der Waals surface area contributed by atoms with Gasteiger partial charge in [-0.25, -0.2) is 0 Å². The molecular formula is C12H25N3O2. The van der Waals surface area contributed by atoms with Crippen molar-refractivity contribution in [3.05, 3.63) is 0 Å². The Morgan fingerprint density at radius 2 is 2.35 bits per heavy atom. The first-order valence-electron chi connectivity index (χ1n) is 6.37. The number of nitrogens with one attached hydrogen (secondary N) is 1. The molecule has 1 rings (SSSR count). The van der Waals surface area contributed by atoms with Crippen LogP contribution in [0.15, 0.2) is 0 Å². The van der Waals surface area contributed by atoms with E-state index in [1.165, 1.54) is 12.8 Å². The van der Waals surface area contributed by atoms with Gasteiger partial charge in [0.15, 0.2) is 0 Å². The van der Waals surface area contributed by atoms with Crippen molar-refractivity contribution in [2.24, 2.45) is 5.73 Å². The highest BCUT2D eigenvalue weighted by Gasteiger charge is 2.20.